The summed E-state index contributed by atoms with van der Waals surface area (Å²) in [5, 5.41) is 10.9. The van der Waals surface area contributed by atoms with E-state index in [4.69, 9.17) is 4.74 Å². The lowest BCUT2D eigenvalue weighted by Gasteiger charge is -2.13. The summed E-state index contributed by atoms with van der Waals surface area (Å²) in [4.78, 5) is 17.3. The molecule has 0 aliphatic rings. The van der Waals surface area contributed by atoms with Gasteiger partial charge in [0.1, 0.15) is 11.3 Å². The summed E-state index contributed by atoms with van der Waals surface area (Å²) in [6.45, 7) is 4.35. The molecule has 1 atom stereocenters. The third-order valence-electron chi connectivity index (χ3n) is 5.17. The number of amides is 1. The van der Waals surface area contributed by atoms with Gasteiger partial charge in [0, 0.05) is 18.3 Å². The van der Waals surface area contributed by atoms with Crippen LogP contribution >= 0.6 is 0 Å². The average molecular weight is 458 g/mol. The number of halogens is 3. The minimum absolute atomic E-state index is 0.0572. The Balaban J connectivity index is 1.74. The van der Waals surface area contributed by atoms with Gasteiger partial charge in [-0.05, 0) is 50.2 Å². The number of methoxy groups -OCH3 is 1. The molecule has 33 heavy (non-hydrogen) atoms. The Morgan fingerprint density at radius 3 is 2.55 bits per heavy atom. The highest BCUT2D eigenvalue weighted by Crippen LogP contribution is 2.33. The fraction of sp³-hybridized carbons (Fsp3) is 0.273. The second-order valence-corrected chi connectivity index (χ2v) is 7.34. The molecule has 0 radical (unpaired) electrons. The lowest BCUT2D eigenvalue weighted by Crippen LogP contribution is -2.27. The van der Waals surface area contributed by atoms with Crippen molar-refractivity contribution in [2.75, 3.05) is 7.11 Å². The largest absolute Gasteiger partial charge is 0.497 e. The Hall–Kier alpha value is -3.89. The standard InChI is InChI=1S/C22H21F3N6O2/c1-4-30-10-9-17(29-30)13(2)27-21(32)16-12-26-31-19(22(23,24)25)11-18(28-20(16)31)14-5-7-15(33-3)8-6-14/h5-13H,4H2,1-3H3,(H,27,32). The Labute approximate surface area is 187 Å². The highest BCUT2D eigenvalue weighted by atomic mass is 19.4. The number of benzene rings is 1. The van der Waals surface area contributed by atoms with Gasteiger partial charge in [0.05, 0.1) is 30.7 Å². The van der Waals surface area contributed by atoms with Crippen molar-refractivity contribution >= 4 is 11.6 Å². The Kier molecular flexibility index (Phi) is 5.79. The molecule has 1 amide bonds. The summed E-state index contributed by atoms with van der Waals surface area (Å²) in [6, 6.07) is 8.65. The monoisotopic (exact) mass is 458 g/mol. The molecule has 11 heteroatoms. The molecule has 172 valence electrons. The van der Waals surface area contributed by atoms with Crippen LogP contribution in [0.4, 0.5) is 13.2 Å². The second-order valence-electron chi connectivity index (χ2n) is 7.34. The first-order valence-corrected chi connectivity index (χ1v) is 10.2. The quantitative estimate of drug-likeness (QED) is 0.470. The molecular formula is C22H21F3N6O2. The number of alkyl halides is 3. The van der Waals surface area contributed by atoms with Crippen molar-refractivity contribution < 1.29 is 22.7 Å². The zero-order chi connectivity index (χ0) is 23.8. The number of nitrogens with one attached hydrogen (secondary N) is 1. The SMILES string of the molecule is CCn1ccc(C(C)NC(=O)c2cnn3c(C(F)(F)F)cc(-c4ccc(OC)cc4)nc23)n1. The van der Waals surface area contributed by atoms with Gasteiger partial charge in [0.15, 0.2) is 11.3 Å². The topological polar surface area (TPSA) is 86.3 Å². The number of aromatic nitrogens is 5. The van der Waals surface area contributed by atoms with Crippen LogP contribution in [0.1, 0.15) is 41.6 Å². The van der Waals surface area contributed by atoms with Crippen molar-refractivity contribution in [1.82, 2.24) is 29.7 Å². The summed E-state index contributed by atoms with van der Waals surface area (Å²) < 4.78 is 48.8. The van der Waals surface area contributed by atoms with Crippen molar-refractivity contribution in [2.45, 2.75) is 32.6 Å². The first-order chi connectivity index (χ1) is 15.7. The van der Waals surface area contributed by atoms with Crippen LogP contribution in [0, 0.1) is 0 Å². The zero-order valence-electron chi connectivity index (χ0n) is 18.1. The van der Waals surface area contributed by atoms with Crippen LogP contribution < -0.4 is 10.1 Å². The molecule has 0 saturated carbocycles. The van der Waals surface area contributed by atoms with Crippen molar-refractivity contribution in [2.24, 2.45) is 0 Å². The van der Waals surface area contributed by atoms with Crippen LogP contribution in [0.15, 0.2) is 48.8 Å². The van der Waals surface area contributed by atoms with E-state index in [9.17, 15) is 18.0 Å². The molecule has 0 saturated heterocycles. The Morgan fingerprint density at radius 1 is 1.21 bits per heavy atom. The maximum atomic E-state index is 13.8. The van der Waals surface area contributed by atoms with Gasteiger partial charge in [0.25, 0.3) is 5.91 Å². The van der Waals surface area contributed by atoms with E-state index in [1.807, 2.05) is 6.92 Å². The zero-order valence-corrected chi connectivity index (χ0v) is 18.1. The summed E-state index contributed by atoms with van der Waals surface area (Å²) in [5.41, 5.74) is -0.176. The molecule has 3 aromatic heterocycles. The van der Waals surface area contributed by atoms with Crippen molar-refractivity contribution in [3.8, 4) is 17.0 Å². The number of aryl methyl sites for hydroxylation is 1. The van der Waals surface area contributed by atoms with Gasteiger partial charge in [-0.1, -0.05) is 0 Å². The molecule has 1 aromatic carbocycles. The molecule has 0 aliphatic heterocycles. The Morgan fingerprint density at radius 2 is 1.94 bits per heavy atom. The number of ether oxygens (including phenoxy) is 1. The molecule has 8 nitrogen and oxygen atoms in total. The Bertz CT molecular complexity index is 1290. The third kappa shape index (κ3) is 4.38. The van der Waals surface area contributed by atoms with Crippen LogP contribution in [-0.4, -0.2) is 37.4 Å². The lowest BCUT2D eigenvalue weighted by molar-refractivity contribution is -0.142. The molecule has 0 fully saturated rings. The van der Waals surface area contributed by atoms with Gasteiger partial charge in [-0.2, -0.15) is 23.4 Å². The van der Waals surface area contributed by atoms with E-state index in [0.717, 1.165) is 12.3 Å². The van der Waals surface area contributed by atoms with Crippen LogP contribution in [0.2, 0.25) is 0 Å². The maximum Gasteiger partial charge on any atom is 0.433 e. The summed E-state index contributed by atoms with van der Waals surface area (Å²) in [6.07, 6.45) is -1.84. The molecule has 0 spiro atoms. The van der Waals surface area contributed by atoms with Gasteiger partial charge in [-0.15, -0.1) is 0 Å². The predicted octanol–water partition coefficient (Wildman–Crippen LogP) is 4.13. The number of rotatable bonds is 6. The van der Waals surface area contributed by atoms with E-state index < -0.39 is 23.8 Å². The first-order valence-electron chi connectivity index (χ1n) is 10.2. The molecular weight excluding hydrogens is 437 g/mol. The number of carbonyl (C=O) groups is 1. The van der Waals surface area contributed by atoms with E-state index in [0.29, 0.717) is 28.1 Å². The smallest absolute Gasteiger partial charge is 0.433 e. The molecule has 1 unspecified atom stereocenters. The molecule has 0 bridgehead atoms. The number of fused-ring (bicyclic) bond motifs is 1. The molecule has 4 rings (SSSR count). The average Bonchev–Trinajstić information content (AvgIpc) is 3.45. The van der Waals surface area contributed by atoms with Crippen LogP contribution in [0.3, 0.4) is 0 Å². The number of hydrogen-bond acceptors (Lipinski definition) is 5. The number of carbonyl (C=O) groups excluding carboxylic acids is 1. The van der Waals surface area contributed by atoms with Crippen LogP contribution in [0.5, 0.6) is 5.75 Å². The van der Waals surface area contributed by atoms with E-state index in [1.54, 1.807) is 48.1 Å². The summed E-state index contributed by atoms with van der Waals surface area (Å²) >= 11 is 0. The maximum absolute atomic E-state index is 13.8. The summed E-state index contributed by atoms with van der Waals surface area (Å²) in [7, 11) is 1.49. The predicted molar refractivity (Wildman–Crippen MR) is 114 cm³/mol. The summed E-state index contributed by atoms with van der Waals surface area (Å²) in [5.74, 6) is -0.0455. The second kappa shape index (κ2) is 8.57. The number of hydrogen-bond donors (Lipinski definition) is 1. The third-order valence-corrected chi connectivity index (χ3v) is 5.17. The highest BCUT2D eigenvalue weighted by molar-refractivity contribution is 6.00. The van der Waals surface area contributed by atoms with Crippen LogP contribution in [-0.2, 0) is 12.7 Å². The minimum Gasteiger partial charge on any atom is -0.497 e. The molecule has 1 N–H and O–H groups in total. The highest BCUT2D eigenvalue weighted by Gasteiger charge is 2.36. The molecule has 0 aliphatic carbocycles. The van der Waals surface area contributed by atoms with E-state index >= 15 is 0 Å². The van der Waals surface area contributed by atoms with Gasteiger partial charge in [-0.3, -0.25) is 9.48 Å². The van der Waals surface area contributed by atoms with Crippen molar-refractivity contribution in [1.29, 1.82) is 0 Å². The van der Waals surface area contributed by atoms with Crippen molar-refractivity contribution in [3.63, 3.8) is 0 Å². The first kappa shape index (κ1) is 22.3. The van der Waals surface area contributed by atoms with Gasteiger partial charge >= 0.3 is 6.18 Å². The fourth-order valence-electron chi connectivity index (χ4n) is 3.37. The van der Waals surface area contributed by atoms with Gasteiger partial charge < -0.3 is 10.1 Å². The van der Waals surface area contributed by atoms with Gasteiger partial charge in [0.2, 0.25) is 0 Å². The van der Waals surface area contributed by atoms with Crippen molar-refractivity contribution in [3.05, 3.63) is 65.7 Å². The van der Waals surface area contributed by atoms with E-state index in [1.165, 1.54) is 7.11 Å². The fourth-order valence-corrected chi connectivity index (χ4v) is 3.37. The minimum atomic E-state index is -4.71. The normalized spacial score (nSPS) is 12.7. The lowest BCUT2D eigenvalue weighted by atomic mass is 10.1. The van der Waals surface area contributed by atoms with E-state index in [-0.39, 0.29) is 16.9 Å². The van der Waals surface area contributed by atoms with Crippen LogP contribution in [0.25, 0.3) is 16.9 Å². The van der Waals surface area contributed by atoms with E-state index in [2.05, 4.69) is 20.5 Å². The number of nitrogens with zero attached hydrogens (tertiary/aromatic N) is 5. The molecule has 4 aromatic rings. The molecule has 3 heterocycles. The van der Waals surface area contributed by atoms with Gasteiger partial charge in [-0.25, -0.2) is 9.50 Å².